The molecule has 196 valence electrons. The number of hydrogen-bond acceptors (Lipinski definition) is 6. The van der Waals surface area contributed by atoms with Gasteiger partial charge < -0.3 is 24.5 Å². The standard InChI is InChI=1S/C25H25F3N4O5/c1-4-36-20-8-15(10-30-22(20)33)17-11-29-21(7-14(17)2)32-23(34)31-16-5-6-19(18(9-16)25(26,27)28)37-24(3)12-35-13-24/h5-11H,4,12-13H2,1-3H3,(H,30,33)(H2,29,31,32,34). The van der Waals surface area contributed by atoms with Crippen molar-refractivity contribution in [2.24, 2.45) is 0 Å². The molecule has 1 fully saturated rings. The van der Waals surface area contributed by atoms with E-state index < -0.39 is 23.4 Å². The van der Waals surface area contributed by atoms with E-state index in [0.29, 0.717) is 17.7 Å². The maximum atomic E-state index is 13.6. The number of hydrogen-bond donors (Lipinski definition) is 3. The van der Waals surface area contributed by atoms with Crippen LogP contribution in [0.15, 0.2) is 47.5 Å². The van der Waals surface area contributed by atoms with Gasteiger partial charge in [-0.2, -0.15) is 13.2 Å². The number of carbonyl (C=O) groups excluding carboxylic acids is 1. The van der Waals surface area contributed by atoms with Crippen LogP contribution < -0.4 is 25.7 Å². The third-order valence-electron chi connectivity index (χ3n) is 5.55. The number of carbonyl (C=O) groups is 1. The molecule has 3 N–H and O–H groups in total. The molecule has 4 rings (SSSR count). The molecule has 0 spiro atoms. The summed E-state index contributed by atoms with van der Waals surface area (Å²) in [5.41, 5.74) is -0.185. The van der Waals surface area contributed by atoms with Crippen LogP contribution in [0.25, 0.3) is 11.1 Å². The number of nitrogens with zero attached hydrogens (tertiary/aromatic N) is 1. The number of benzene rings is 1. The summed E-state index contributed by atoms with van der Waals surface area (Å²) in [6.45, 7) is 5.92. The van der Waals surface area contributed by atoms with Crippen molar-refractivity contribution in [3.63, 3.8) is 0 Å². The smallest absolute Gasteiger partial charge is 0.420 e. The van der Waals surface area contributed by atoms with E-state index >= 15 is 0 Å². The fourth-order valence-corrected chi connectivity index (χ4v) is 3.72. The number of aromatic amines is 1. The summed E-state index contributed by atoms with van der Waals surface area (Å²) in [4.78, 5) is 31.1. The maximum Gasteiger partial charge on any atom is 0.420 e. The van der Waals surface area contributed by atoms with Crippen LogP contribution in [-0.2, 0) is 10.9 Å². The Morgan fingerprint density at radius 1 is 1.19 bits per heavy atom. The van der Waals surface area contributed by atoms with E-state index in [9.17, 15) is 22.8 Å². The van der Waals surface area contributed by atoms with Crippen LogP contribution in [0.4, 0.5) is 29.5 Å². The number of alkyl halides is 3. The minimum absolute atomic E-state index is 0.0720. The molecule has 0 atom stereocenters. The average molecular weight is 518 g/mol. The lowest BCUT2D eigenvalue weighted by Crippen LogP contribution is -2.51. The van der Waals surface area contributed by atoms with Gasteiger partial charge in [0.15, 0.2) is 11.4 Å². The highest BCUT2D eigenvalue weighted by molar-refractivity contribution is 5.99. The van der Waals surface area contributed by atoms with Crippen molar-refractivity contribution in [2.45, 2.75) is 32.5 Å². The first-order chi connectivity index (χ1) is 17.5. The van der Waals surface area contributed by atoms with Crippen molar-refractivity contribution in [2.75, 3.05) is 30.5 Å². The molecule has 1 saturated heterocycles. The first-order valence-corrected chi connectivity index (χ1v) is 11.4. The van der Waals surface area contributed by atoms with E-state index in [4.69, 9.17) is 14.2 Å². The predicted octanol–water partition coefficient (Wildman–Crippen LogP) is 4.97. The number of aromatic nitrogens is 2. The first-order valence-electron chi connectivity index (χ1n) is 11.4. The maximum absolute atomic E-state index is 13.6. The van der Waals surface area contributed by atoms with Gasteiger partial charge in [0, 0.05) is 29.2 Å². The van der Waals surface area contributed by atoms with E-state index in [-0.39, 0.29) is 41.8 Å². The summed E-state index contributed by atoms with van der Waals surface area (Å²) >= 11 is 0. The van der Waals surface area contributed by atoms with E-state index in [1.807, 2.05) is 0 Å². The molecule has 1 aliphatic rings. The number of H-pyrrole nitrogens is 1. The third-order valence-corrected chi connectivity index (χ3v) is 5.55. The van der Waals surface area contributed by atoms with Crippen molar-refractivity contribution in [1.82, 2.24) is 9.97 Å². The Morgan fingerprint density at radius 3 is 2.57 bits per heavy atom. The third kappa shape index (κ3) is 6.02. The van der Waals surface area contributed by atoms with Crippen LogP contribution in [0.2, 0.25) is 0 Å². The lowest BCUT2D eigenvalue weighted by molar-refractivity contribution is -0.160. The SMILES string of the molecule is CCOc1cc(-c2cnc(NC(=O)Nc3ccc(OC4(C)COC4)c(C(F)(F)F)c3)cc2C)c[nH]c1=O. The number of anilines is 2. The van der Waals surface area contributed by atoms with Gasteiger partial charge in [-0.3, -0.25) is 10.1 Å². The molecule has 0 unspecified atom stereocenters. The summed E-state index contributed by atoms with van der Waals surface area (Å²) in [7, 11) is 0. The number of halogens is 3. The molecule has 0 saturated carbocycles. The molecular formula is C25H25F3N4O5. The Kier molecular flexibility index (Phi) is 7.12. The molecule has 0 bridgehead atoms. The van der Waals surface area contributed by atoms with Gasteiger partial charge in [0.25, 0.3) is 5.56 Å². The van der Waals surface area contributed by atoms with E-state index in [1.54, 1.807) is 32.9 Å². The number of ether oxygens (including phenoxy) is 3. The summed E-state index contributed by atoms with van der Waals surface area (Å²) in [6, 6.07) is 5.71. The fraction of sp³-hybridized carbons (Fsp3) is 0.320. The van der Waals surface area contributed by atoms with Gasteiger partial charge in [-0.25, -0.2) is 9.78 Å². The monoisotopic (exact) mass is 518 g/mol. The average Bonchev–Trinajstić information content (AvgIpc) is 2.80. The Balaban J connectivity index is 1.48. The number of nitrogens with one attached hydrogen (secondary N) is 3. The lowest BCUT2D eigenvalue weighted by Gasteiger charge is -2.38. The second-order valence-electron chi connectivity index (χ2n) is 8.73. The molecule has 0 radical (unpaired) electrons. The van der Waals surface area contributed by atoms with Crippen LogP contribution in [0.3, 0.4) is 0 Å². The van der Waals surface area contributed by atoms with Crippen LogP contribution in [0.5, 0.6) is 11.5 Å². The van der Waals surface area contributed by atoms with Crippen molar-refractivity contribution in [3.8, 4) is 22.6 Å². The predicted molar refractivity (Wildman–Crippen MR) is 130 cm³/mol. The molecule has 37 heavy (non-hydrogen) atoms. The Morgan fingerprint density at radius 2 is 1.95 bits per heavy atom. The minimum Gasteiger partial charge on any atom is -0.488 e. The molecule has 3 aromatic rings. The van der Waals surface area contributed by atoms with Gasteiger partial charge >= 0.3 is 12.2 Å². The molecule has 9 nitrogen and oxygen atoms in total. The summed E-state index contributed by atoms with van der Waals surface area (Å²) < 4.78 is 56.8. The molecule has 1 aliphatic heterocycles. The van der Waals surface area contributed by atoms with Gasteiger partial charge in [0.2, 0.25) is 0 Å². The normalized spacial score (nSPS) is 14.4. The zero-order valence-electron chi connectivity index (χ0n) is 20.3. The second-order valence-corrected chi connectivity index (χ2v) is 8.73. The fourth-order valence-electron chi connectivity index (χ4n) is 3.72. The summed E-state index contributed by atoms with van der Waals surface area (Å²) in [6.07, 6.45) is -1.66. The minimum atomic E-state index is -4.69. The number of amides is 2. The summed E-state index contributed by atoms with van der Waals surface area (Å²) in [5, 5.41) is 4.90. The van der Waals surface area contributed by atoms with E-state index in [2.05, 4.69) is 20.6 Å². The van der Waals surface area contributed by atoms with Gasteiger partial charge in [-0.1, -0.05) is 0 Å². The molecule has 1 aromatic carbocycles. The molecule has 3 heterocycles. The second kappa shape index (κ2) is 10.1. The molecule has 12 heteroatoms. The van der Waals surface area contributed by atoms with Crippen molar-refractivity contribution < 1.29 is 32.2 Å². The van der Waals surface area contributed by atoms with Gasteiger partial charge in [-0.15, -0.1) is 0 Å². The highest BCUT2D eigenvalue weighted by Gasteiger charge is 2.40. The number of pyridine rings is 2. The van der Waals surface area contributed by atoms with Crippen molar-refractivity contribution >= 4 is 17.5 Å². The van der Waals surface area contributed by atoms with E-state index in [1.165, 1.54) is 24.5 Å². The zero-order valence-corrected chi connectivity index (χ0v) is 20.3. The summed E-state index contributed by atoms with van der Waals surface area (Å²) in [5.74, 6) is 0.0137. The molecule has 2 aromatic heterocycles. The Hall–Kier alpha value is -4.06. The Labute approximate surface area is 210 Å². The van der Waals surface area contributed by atoms with E-state index in [0.717, 1.165) is 11.6 Å². The van der Waals surface area contributed by atoms with Crippen LogP contribution in [0, 0.1) is 6.92 Å². The van der Waals surface area contributed by atoms with Gasteiger partial charge in [0.05, 0.1) is 25.4 Å². The Bertz CT molecular complexity index is 1370. The van der Waals surface area contributed by atoms with Crippen LogP contribution in [-0.4, -0.2) is 41.4 Å². The highest BCUT2D eigenvalue weighted by atomic mass is 19.4. The molecule has 0 aliphatic carbocycles. The topological polar surface area (TPSA) is 115 Å². The largest absolute Gasteiger partial charge is 0.488 e. The van der Waals surface area contributed by atoms with Crippen molar-refractivity contribution in [1.29, 1.82) is 0 Å². The van der Waals surface area contributed by atoms with Gasteiger partial charge in [-0.05, 0) is 56.7 Å². The zero-order chi connectivity index (χ0) is 26.8. The lowest BCUT2D eigenvalue weighted by atomic mass is 10.0. The van der Waals surface area contributed by atoms with Crippen LogP contribution >= 0.6 is 0 Å². The molecule has 2 amide bonds. The highest BCUT2D eigenvalue weighted by Crippen LogP contribution is 2.40. The van der Waals surface area contributed by atoms with Crippen LogP contribution in [0.1, 0.15) is 25.0 Å². The number of rotatable bonds is 7. The quantitative estimate of drug-likeness (QED) is 0.407. The van der Waals surface area contributed by atoms with Crippen molar-refractivity contribution in [3.05, 3.63) is 64.2 Å². The van der Waals surface area contributed by atoms with Gasteiger partial charge in [0.1, 0.15) is 11.6 Å². The molecular weight excluding hydrogens is 493 g/mol. The number of aryl methyl sites for hydroxylation is 1. The first kappa shape index (κ1) is 26.0. The number of urea groups is 1.